The van der Waals surface area contributed by atoms with E-state index in [1.54, 1.807) is 11.3 Å². The quantitative estimate of drug-likeness (QED) is 0.676. The summed E-state index contributed by atoms with van der Waals surface area (Å²) in [7, 11) is 0. The monoisotopic (exact) mass is 281 g/mol. The molecule has 0 aliphatic rings. The van der Waals surface area contributed by atoms with Crippen LogP contribution in [-0.2, 0) is 13.1 Å². The molecule has 0 atom stereocenters. The van der Waals surface area contributed by atoms with E-state index < -0.39 is 10.7 Å². The van der Waals surface area contributed by atoms with Crippen molar-refractivity contribution in [3.63, 3.8) is 0 Å². The van der Waals surface area contributed by atoms with E-state index in [9.17, 15) is 14.5 Å². The molecular formula is C12H12FN3O2S. The molecule has 0 aliphatic carbocycles. The number of hydrogen-bond acceptors (Lipinski definition) is 5. The number of benzene rings is 1. The Morgan fingerprint density at radius 2 is 2.26 bits per heavy atom. The SMILES string of the molecule is Cc1nc(CNCc2cc(F)ccc2[N+](=O)[O-])cs1. The maximum atomic E-state index is 13.1. The van der Waals surface area contributed by atoms with Gasteiger partial charge in [-0.2, -0.15) is 0 Å². The minimum atomic E-state index is -0.510. The third-order valence-electron chi connectivity index (χ3n) is 2.53. The highest BCUT2D eigenvalue weighted by molar-refractivity contribution is 7.09. The van der Waals surface area contributed by atoms with Gasteiger partial charge in [0, 0.05) is 30.1 Å². The summed E-state index contributed by atoms with van der Waals surface area (Å²) in [5, 5.41) is 16.7. The highest BCUT2D eigenvalue weighted by atomic mass is 32.1. The van der Waals surface area contributed by atoms with Gasteiger partial charge >= 0.3 is 0 Å². The van der Waals surface area contributed by atoms with Crippen molar-refractivity contribution >= 4 is 17.0 Å². The second-order valence-electron chi connectivity index (χ2n) is 3.99. The summed E-state index contributed by atoms with van der Waals surface area (Å²) < 4.78 is 13.1. The Balaban J connectivity index is 2.02. The number of nitro benzene ring substituents is 1. The lowest BCUT2D eigenvalue weighted by Gasteiger charge is -2.04. The topological polar surface area (TPSA) is 68.1 Å². The van der Waals surface area contributed by atoms with E-state index in [1.165, 1.54) is 12.1 Å². The Hall–Kier alpha value is -1.86. The molecule has 1 N–H and O–H groups in total. The molecular weight excluding hydrogens is 269 g/mol. The first-order chi connectivity index (χ1) is 9.06. The standard InChI is InChI=1S/C12H12FN3O2S/c1-8-15-11(7-19-8)6-14-5-9-4-10(13)2-3-12(9)16(17)18/h2-4,7,14H,5-6H2,1H3. The fourth-order valence-corrected chi connectivity index (χ4v) is 2.30. The van der Waals surface area contributed by atoms with Gasteiger partial charge in [0.15, 0.2) is 0 Å². The number of rotatable bonds is 5. The fraction of sp³-hybridized carbons (Fsp3) is 0.250. The highest BCUT2D eigenvalue weighted by Gasteiger charge is 2.13. The molecule has 0 fully saturated rings. The molecule has 0 aliphatic heterocycles. The van der Waals surface area contributed by atoms with Crippen LogP contribution in [-0.4, -0.2) is 9.91 Å². The number of hydrogen-bond donors (Lipinski definition) is 1. The van der Waals surface area contributed by atoms with Crippen molar-refractivity contribution in [3.05, 3.63) is 55.8 Å². The predicted molar refractivity (Wildman–Crippen MR) is 70.4 cm³/mol. The number of halogens is 1. The van der Waals surface area contributed by atoms with Crippen molar-refractivity contribution in [1.82, 2.24) is 10.3 Å². The first kappa shape index (κ1) is 13.6. The van der Waals surface area contributed by atoms with Gasteiger partial charge in [-0.05, 0) is 19.1 Å². The summed E-state index contributed by atoms with van der Waals surface area (Å²) in [6.45, 7) is 2.63. The molecule has 19 heavy (non-hydrogen) atoms. The van der Waals surface area contributed by atoms with Crippen molar-refractivity contribution in [2.45, 2.75) is 20.0 Å². The van der Waals surface area contributed by atoms with Crippen LogP contribution >= 0.6 is 11.3 Å². The van der Waals surface area contributed by atoms with E-state index >= 15 is 0 Å². The molecule has 2 aromatic rings. The molecule has 0 bridgehead atoms. The molecule has 7 heteroatoms. The second kappa shape index (κ2) is 5.85. The van der Waals surface area contributed by atoms with Crippen molar-refractivity contribution in [2.24, 2.45) is 0 Å². The zero-order valence-corrected chi connectivity index (χ0v) is 11.0. The number of nitrogens with one attached hydrogen (secondary N) is 1. The van der Waals surface area contributed by atoms with Crippen LogP contribution in [0.1, 0.15) is 16.3 Å². The van der Waals surface area contributed by atoms with Crippen LogP contribution in [0, 0.1) is 22.9 Å². The van der Waals surface area contributed by atoms with E-state index in [2.05, 4.69) is 10.3 Å². The van der Waals surface area contributed by atoms with Crippen molar-refractivity contribution in [2.75, 3.05) is 0 Å². The van der Waals surface area contributed by atoms with E-state index in [0.717, 1.165) is 16.8 Å². The molecule has 0 saturated heterocycles. The summed E-state index contributed by atoms with van der Waals surface area (Å²) in [5.74, 6) is -0.480. The summed E-state index contributed by atoms with van der Waals surface area (Å²) >= 11 is 1.54. The predicted octanol–water partition coefficient (Wildman–Crippen LogP) is 2.79. The van der Waals surface area contributed by atoms with Crippen molar-refractivity contribution in [1.29, 1.82) is 0 Å². The average Bonchev–Trinajstić information content (AvgIpc) is 2.75. The maximum absolute atomic E-state index is 13.1. The third-order valence-corrected chi connectivity index (χ3v) is 3.35. The molecule has 0 spiro atoms. The third kappa shape index (κ3) is 3.55. The van der Waals surface area contributed by atoms with E-state index in [1.807, 2.05) is 12.3 Å². The van der Waals surface area contributed by atoms with Gasteiger partial charge in [0.2, 0.25) is 0 Å². The largest absolute Gasteiger partial charge is 0.307 e. The maximum Gasteiger partial charge on any atom is 0.274 e. The second-order valence-corrected chi connectivity index (χ2v) is 5.05. The zero-order chi connectivity index (χ0) is 13.8. The van der Waals surface area contributed by atoms with Gasteiger partial charge in [-0.15, -0.1) is 11.3 Å². The van der Waals surface area contributed by atoms with Gasteiger partial charge in [0.1, 0.15) is 5.82 Å². The minimum absolute atomic E-state index is 0.0802. The number of nitro groups is 1. The summed E-state index contributed by atoms with van der Waals surface area (Å²) in [6, 6.07) is 3.45. The highest BCUT2D eigenvalue weighted by Crippen LogP contribution is 2.19. The van der Waals surface area contributed by atoms with Gasteiger partial charge in [-0.3, -0.25) is 10.1 Å². The zero-order valence-electron chi connectivity index (χ0n) is 10.2. The molecule has 100 valence electrons. The van der Waals surface area contributed by atoms with Crippen LogP contribution < -0.4 is 5.32 Å². The lowest BCUT2D eigenvalue weighted by atomic mass is 10.1. The molecule has 0 unspecified atom stereocenters. The molecule has 5 nitrogen and oxygen atoms in total. The Kier molecular flexibility index (Phi) is 4.18. The first-order valence-electron chi connectivity index (χ1n) is 5.61. The number of aromatic nitrogens is 1. The van der Waals surface area contributed by atoms with Gasteiger partial charge in [-0.25, -0.2) is 9.37 Å². The van der Waals surface area contributed by atoms with E-state index in [4.69, 9.17) is 0 Å². The van der Waals surface area contributed by atoms with Crippen LogP contribution in [0.3, 0.4) is 0 Å². The summed E-state index contributed by atoms with van der Waals surface area (Å²) in [4.78, 5) is 14.6. The average molecular weight is 281 g/mol. The van der Waals surface area contributed by atoms with Crippen LogP contribution in [0.5, 0.6) is 0 Å². The van der Waals surface area contributed by atoms with Crippen LogP contribution in [0.4, 0.5) is 10.1 Å². The van der Waals surface area contributed by atoms with Gasteiger partial charge in [0.25, 0.3) is 5.69 Å². The normalized spacial score (nSPS) is 10.6. The first-order valence-corrected chi connectivity index (χ1v) is 6.49. The number of nitrogens with zero attached hydrogens (tertiary/aromatic N) is 2. The lowest BCUT2D eigenvalue weighted by molar-refractivity contribution is -0.385. The summed E-state index contributed by atoms with van der Waals surface area (Å²) in [5.41, 5.74) is 1.13. The van der Waals surface area contributed by atoms with Crippen molar-refractivity contribution in [3.8, 4) is 0 Å². The Bertz CT molecular complexity index is 600. The Morgan fingerprint density at radius 1 is 1.47 bits per heavy atom. The lowest BCUT2D eigenvalue weighted by Crippen LogP contribution is -2.14. The Morgan fingerprint density at radius 3 is 2.89 bits per heavy atom. The van der Waals surface area contributed by atoms with Gasteiger partial charge in [0.05, 0.1) is 15.6 Å². The molecule has 0 radical (unpaired) electrons. The van der Waals surface area contributed by atoms with Gasteiger partial charge < -0.3 is 5.32 Å². The van der Waals surface area contributed by atoms with Gasteiger partial charge in [-0.1, -0.05) is 0 Å². The number of aryl methyl sites for hydroxylation is 1. The van der Waals surface area contributed by atoms with Crippen LogP contribution in [0.25, 0.3) is 0 Å². The molecule has 0 amide bonds. The Labute approximate surface area is 113 Å². The smallest absolute Gasteiger partial charge is 0.274 e. The molecule has 1 aromatic carbocycles. The van der Waals surface area contributed by atoms with E-state index in [-0.39, 0.29) is 12.2 Å². The molecule has 1 aromatic heterocycles. The summed E-state index contributed by atoms with van der Waals surface area (Å²) in [6.07, 6.45) is 0. The number of thiazole rings is 1. The van der Waals surface area contributed by atoms with Crippen LogP contribution in [0.15, 0.2) is 23.6 Å². The minimum Gasteiger partial charge on any atom is -0.307 e. The molecule has 0 saturated carbocycles. The molecule has 2 rings (SSSR count). The van der Waals surface area contributed by atoms with E-state index in [0.29, 0.717) is 12.1 Å². The van der Waals surface area contributed by atoms with Crippen molar-refractivity contribution < 1.29 is 9.31 Å². The van der Waals surface area contributed by atoms with Crippen LogP contribution in [0.2, 0.25) is 0 Å². The molecule has 1 heterocycles. The fourth-order valence-electron chi connectivity index (χ4n) is 1.69.